The van der Waals surface area contributed by atoms with Crippen molar-refractivity contribution in [1.29, 1.82) is 0 Å². The second kappa shape index (κ2) is 7.65. The smallest absolute Gasteiger partial charge is 0.260 e. The summed E-state index contributed by atoms with van der Waals surface area (Å²) >= 11 is 5.73. The van der Waals surface area contributed by atoms with Crippen molar-refractivity contribution in [2.75, 3.05) is 27.2 Å². The predicted molar refractivity (Wildman–Crippen MR) is 114 cm³/mol. The summed E-state index contributed by atoms with van der Waals surface area (Å²) in [6, 6.07) is 13.1. The van der Waals surface area contributed by atoms with Crippen LogP contribution < -0.4 is 4.74 Å². The van der Waals surface area contributed by atoms with Gasteiger partial charge in [0.05, 0.1) is 7.11 Å². The zero-order valence-electron chi connectivity index (χ0n) is 16.4. The van der Waals surface area contributed by atoms with E-state index in [1.54, 1.807) is 48.4 Å². The second-order valence-corrected chi connectivity index (χ2v) is 7.81. The van der Waals surface area contributed by atoms with Gasteiger partial charge in [-0.3, -0.25) is 14.7 Å². The van der Waals surface area contributed by atoms with Gasteiger partial charge in [-0.25, -0.2) is 4.39 Å². The highest BCUT2D eigenvalue weighted by Crippen LogP contribution is 2.38. The summed E-state index contributed by atoms with van der Waals surface area (Å²) in [6.45, 7) is 1.63. The standard InChI is InChI=1S/C22H22FN3O2S/c1-25-13-11-22(12-14-25)24-19(15-3-7-17(23)8-4-15)21(29)26(22)20(27)16-5-9-18(28-2)10-6-16/h3-10H,11-14H2,1-2H3. The maximum atomic E-state index is 13.5. The number of carbonyl (C=O) groups is 1. The molecular formula is C22H22FN3O2S. The Labute approximate surface area is 174 Å². The number of thiocarbonyl (C=S) groups is 1. The largest absolute Gasteiger partial charge is 0.497 e. The highest BCUT2D eigenvalue weighted by molar-refractivity contribution is 7.82. The van der Waals surface area contributed by atoms with Crippen molar-refractivity contribution in [1.82, 2.24) is 9.80 Å². The van der Waals surface area contributed by atoms with Gasteiger partial charge in [0, 0.05) is 37.1 Å². The molecule has 2 aromatic rings. The molecule has 1 fully saturated rings. The van der Waals surface area contributed by atoms with Crippen molar-refractivity contribution >= 4 is 28.8 Å². The van der Waals surface area contributed by atoms with Crippen LogP contribution >= 0.6 is 12.2 Å². The predicted octanol–water partition coefficient (Wildman–Crippen LogP) is 3.53. The summed E-state index contributed by atoms with van der Waals surface area (Å²) < 4.78 is 18.6. The highest BCUT2D eigenvalue weighted by Gasteiger charge is 2.49. The van der Waals surface area contributed by atoms with Gasteiger partial charge in [-0.2, -0.15) is 0 Å². The molecule has 1 saturated heterocycles. The molecule has 4 rings (SSSR count). The molecule has 2 aliphatic heterocycles. The molecule has 0 radical (unpaired) electrons. The fraction of sp³-hybridized carbons (Fsp3) is 0.318. The molecule has 7 heteroatoms. The molecule has 150 valence electrons. The molecular weight excluding hydrogens is 389 g/mol. The molecule has 29 heavy (non-hydrogen) atoms. The van der Waals surface area contributed by atoms with Crippen molar-refractivity contribution in [3.8, 4) is 5.75 Å². The van der Waals surface area contributed by atoms with E-state index in [0.717, 1.165) is 18.7 Å². The quantitative estimate of drug-likeness (QED) is 0.725. The lowest BCUT2D eigenvalue weighted by Crippen LogP contribution is -2.54. The van der Waals surface area contributed by atoms with E-state index in [1.165, 1.54) is 12.1 Å². The van der Waals surface area contributed by atoms with Crippen LogP contribution in [0.3, 0.4) is 0 Å². The lowest BCUT2D eigenvalue weighted by Gasteiger charge is -2.41. The number of hydrogen-bond donors (Lipinski definition) is 0. The molecule has 0 N–H and O–H groups in total. The number of amides is 1. The number of nitrogens with zero attached hydrogens (tertiary/aromatic N) is 3. The topological polar surface area (TPSA) is 45.1 Å². The summed E-state index contributed by atoms with van der Waals surface area (Å²) in [5, 5.41) is 0. The Morgan fingerprint density at radius 1 is 1.10 bits per heavy atom. The van der Waals surface area contributed by atoms with Crippen molar-refractivity contribution in [2.45, 2.75) is 18.5 Å². The van der Waals surface area contributed by atoms with Crippen LogP contribution in [0.5, 0.6) is 5.75 Å². The zero-order valence-corrected chi connectivity index (χ0v) is 17.2. The minimum atomic E-state index is -0.704. The van der Waals surface area contributed by atoms with E-state index in [4.69, 9.17) is 21.9 Å². The van der Waals surface area contributed by atoms with Crippen LogP contribution in [0.2, 0.25) is 0 Å². The van der Waals surface area contributed by atoms with Crippen molar-refractivity contribution in [3.63, 3.8) is 0 Å². The van der Waals surface area contributed by atoms with Crippen molar-refractivity contribution < 1.29 is 13.9 Å². The number of piperidine rings is 1. The first-order valence-electron chi connectivity index (χ1n) is 9.51. The maximum absolute atomic E-state index is 13.5. The zero-order chi connectivity index (χ0) is 20.6. The molecule has 0 aromatic heterocycles. The van der Waals surface area contributed by atoms with Crippen LogP contribution in [-0.2, 0) is 0 Å². The number of aliphatic imine (C=N–C) groups is 1. The van der Waals surface area contributed by atoms with Crippen LogP contribution in [0.25, 0.3) is 0 Å². The van der Waals surface area contributed by atoms with E-state index in [9.17, 15) is 9.18 Å². The number of likely N-dealkylation sites (tertiary alicyclic amines) is 1. The van der Waals surface area contributed by atoms with Gasteiger partial charge in [-0.05, 0) is 55.6 Å². The maximum Gasteiger partial charge on any atom is 0.260 e. The minimum absolute atomic E-state index is 0.178. The summed E-state index contributed by atoms with van der Waals surface area (Å²) in [6.07, 6.45) is 1.38. The van der Waals surface area contributed by atoms with Gasteiger partial charge in [0.2, 0.25) is 0 Å². The molecule has 2 aromatic carbocycles. The Balaban J connectivity index is 1.73. The summed E-state index contributed by atoms with van der Waals surface area (Å²) in [5.41, 5.74) is 1.12. The molecule has 0 saturated carbocycles. The van der Waals surface area contributed by atoms with Gasteiger partial charge in [-0.15, -0.1) is 0 Å². The molecule has 0 atom stereocenters. The first-order chi connectivity index (χ1) is 13.9. The Bertz CT molecular complexity index is 965. The van der Waals surface area contributed by atoms with Gasteiger partial charge >= 0.3 is 0 Å². The Morgan fingerprint density at radius 2 is 1.72 bits per heavy atom. The van der Waals surface area contributed by atoms with Gasteiger partial charge in [0.15, 0.2) is 0 Å². The molecule has 2 aliphatic rings. The minimum Gasteiger partial charge on any atom is -0.497 e. The van der Waals surface area contributed by atoms with E-state index in [0.29, 0.717) is 34.9 Å². The van der Waals surface area contributed by atoms with E-state index in [-0.39, 0.29) is 11.7 Å². The van der Waals surface area contributed by atoms with E-state index >= 15 is 0 Å². The van der Waals surface area contributed by atoms with Crippen LogP contribution in [-0.4, -0.2) is 59.3 Å². The van der Waals surface area contributed by atoms with Crippen LogP contribution in [0.15, 0.2) is 53.5 Å². The first kappa shape index (κ1) is 19.7. The number of ether oxygens (including phenoxy) is 1. The van der Waals surface area contributed by atoms with E-state index < -0.39 is 5.66 Å². The lowest BCUT2D eigenvalue weighted by atomic mass is 9.95. The highest BCUT2D eigenvalue weighted by atomic mass is 32.1. The van der Waals surface area contributed by atoms with E-state index in [2.05, 4.69) is 11.9 Å². The third-order valence-electron chi connectivity index (χ3n) is 5.59. The average molecular weight is 412 g/mol. The SMILES string of the molecule is COc1ccc(C(=O)N2C(=S)C(c3ccc(F)cc3)=NC23CCN(C)CC3)cc1. The fourth-order valence-electron chi connectivity index (χ4n) is 3.85. The molecule has 0 bridgehead atoms. The lowest BCUT2D eigenvalue weighted by molar-refractivity contribution is 0.0571. The second-order valence-electron chi connectivity index (χ2n) is 7.43. The third-order valence-corrected chi connectivity index (χ3v) is 5.96. The molecule has 5 nitrogen and oxygen atoms in total. The molecule has 0 aliphatic carbocycles. The molecule has 2 heterocycles. The fourth-order valence-corrected chi connectivity index (χ4v) is 4.27. The summed E-state index contributed by atoms with van der Waals surface area (Å²) in [5.74, 6) is 0.185. The Hall–Kier alpha value is -2.64. The number of carbonyl (C=O) groups excluding carboxylic acids is 1. The monoisotopic (exact) mass is 411 g/mol. The number of rotatable bonds is 3. The van der Waals surface area contributed by atoms with Gasteiger partial charge in [0.1, 0.15) is 27.9 Å². The van der Waals surface area contributed by atoms with Gasteiger partial charge in [0.25, 0.3) is 5.91 Å². The molecule has 1 spiro atoms. The first-order valence-corrected chi connectivity index (χ1v) is 9.92. The number of methoxy groups -OCH3 is 1. The number of benzene rings is 2. The van der Waals surface area contributed by atoms with Crippen LogP contribution in [0, 0.1) is 5.82 Å². The molecule has 0 unspecified atom stereocenters. The summed E-state index contributed by atoms with van der Waals surface area (Å²) in [4.78, 5) is 22.7. The van der Waals surface area contributed by atoms with Crippen LogP contribution in [0.4, 0.5) is 4.39 Å². The Morgan fingerprint density at radius 3 is 2.31 bits per heavy atom. The van der Waals surface area contributed by atoms with Gasteiger partial charge < -0.3 is 9.64 Å². The average Bonchev–Trinajstić information content (AvgIpc) is 3.02. The summed E-state index contributed by atoms with van der Waals surface area (Å²) in [7, 11) is 3.64. The number of halogens is 1. The van der Waals surface area contributed by atoms with E-state index in [1.807, 2.05) is 0 Å². The number of hydrogen-bond acceptors (Lipinski definition) is 5. The Kier molecular flexibility index (Phi) is 5.19. The van der Waals surface area contributed by atoms with Crippen molar-refractivity contribution in [3.05, 3.63) is 65.5 Å². The normalized spacial score (nSPS) is 18.8. The molecule has 1 amide bonds. The van der Waals surface area contributed by atoms with Crippen molar-refractivity contribution in [2.24, 2.45) is 4.99 Å². The third kappa shape index (κ3) is 3.56. The van der Waals surface area contributed by atoms with Crippen LogP contribution in [0.1, 0.15) is 28.8 Å². The van der Waals surface area contributed by atoms with Gasteiger partial charge in [-0.1, -0.05) is 12.2 Å².